The van der Waals surface area contributed by atoms with Crippen molar-refractivity contribution in [3.05, 3.63) is 27.4 Å². The predicted molar refractivity (Wildman–Crippen MR) is 57.8 cm³/mol. The van der Waals surface area contributed by atoms with Crippen molar-refractivity contribution in [2.75, 3.05) is 6.61 Å². The van der Waals surface area contributed by atoms with Crippen molar-refractivity contribution in [2.45, 2.75) is 26.4 Å². The Labute approximate surface area is 102 Å². The molecule has 1 aromatic rings. The molecule has 1 aromatic heterocycles. The number of hydrogen-bond donors (Lipinski definition) is 1. The van der Waals surface area contributed by atoms with Gasteiger partial charge >= 0.3 is 11.8 Å². The third kappa shape index (κ3) is 2.07. The molecule has 0 saturated carbocycles. The second-order valence-electron chi connectivity index (χ2n) is 3.61. The Kier molecular flexibility index (Phi) is 3.30. The topological polar surface area (TPSA) is 104 Å². The van der Waals surface area contributed by atoms with Crippen LogP contribution in [0.5, 0.6) is 0 Å². The van der Waals surface area contributed by atoms with Crippen LogP contribution in [0.3, 0.4) is 0 Å². The summed E-state index contributed by atoms with van der Waals surface area (Å²) in [5.41, 5.74) is 0.122. The zero-order valence-corrected chi connectivity index (χ0v) is 9.84. The van der Waals surface area contributed by atoms with Gasteiger partial charge in [-0.1, -0.05) is 0 Å². The highest BCUT2D eigenvalue weighted by Crippen LogP contribution is 2.38. The smallest absolute Gasteiger partial charge is 0.342 e. The highest BCUT2D eigenvalue weighted by molar-refractivity contribution is 5.92. The lowest BCUT2D eigenvalue weighted by atomic mass is 10.1. The molecule has 1 saturated heterocycles. The van der Waals surface area contributed by atoms with Gasteiger partial charge in [0.25, 0.3) is 0 Å². The summed E-state index contributed by atoms with van der Waals surface area (Å²) in [5.74, 6) is -0.974. The molecule has 98 valence electrons. The number of aromatic nitrogens is 1. The quantitative estimate of drug-likeness (QED) is 0.497. The molecule has 1 aliphatic rings. The minimum absolute atomic E-state index is 0.0560. The first-order chi connectivity index (χ1) is 8.54. The monoisotopic (exact) mass is 256 g/mol. The fourth-order valence-corrected chi connectivity index (χ4v) is 1.69. The summed E-state index contributed by atoms with van der Waals surface area (Å²) in [6.45, 7) is 3.48. The van der Waals surface area contributed by atoms with Gasteiger partial charge in [0.1, 0.15) is 17.3 Å². The van der Waals surface area contributed by atoms with E-state index in [0.717, 1.165) is 0 Å². The van der Waals surface area contributed by atoms with Gasteiger partial charge in [0.15, 0.2) is 12.6 Å². The van der Waals surface area contributed by atoms with E-state index >= 15 is 0 Å². The first-order valence-electron chi connectivity index (χ1n) is 5.38. The van der Waals surface area contributed by atoms with Crippen molar-refractivity contribution in [3.63, 3.8) is 0 Å². The number of carbonyl (C=O) groups is 1. The Bertz CT molecular complexity index is 477. The fourth-order valence-electron chi connectivity index (χ4n) is 1.69. The maximum absolute atomic E-state index is 11.7. The van der Waals surface area contributed by atoms with Gasteiger partial charge < -0.3 is 24.3 Å². The van der Waals surface area contributed by atoms with Crippen molar-refractivity contribution in [1.29, 1.82) is 0 Å². The zero-order valence-electron chi connectivity index (χ0n) is 9.84. The maximum Gasteiger partial charge on any atom is 0.342 e. The molecule has 1 N–H and O–H groups in total. The number of nitrogens with zero attached hydrogens (tertiary/aromatic N) is 1. The van der Waals surface area contributed by atoms with Crippen LogP contribution < -0.4 is 0 Å². The molecule has 0 aliphatic carbocycles. The van der Waals surface area contributed by atoms with Crippen molar-refractivity contribution in [1.82, 2.24) is 4.98 Å². The lowest BCUT2D eigenvalue weighted by molar-refractivity contribution is -0.406. The number of hydrogen-bond acceptors (Lipinski definition) is 6. The van der Waals surface area contributed by atoms with Gasteiger partial charge in [-0.05, 0) is 18.8 Å². The van der Waals surface area contributed by atoms with E-state index in [1.807, 2.05) is 0 Å². The number of nitro groups is 1. The molecule has 0 bridgehead atoms. The van der Waals surface area contributed by atoms with E-state index in [4.69, 9.17) is 14.2 Å². The molecule has 8 heteroatoms. The average Bonchev–Trinajstić information content (AvgIpc) is 2.69. The molecule has 1 aliphatic heterocycles. The van der Waals surface area contributed by atoms with Crippen LogP contribution in [0.15, 0.2) is 6.20 Å². The van der Waals surface area contributed by atoms with Crippen LogP contribution in [0.4, 0.5) is 5.82 Å². The summed E-state index contributed by atoms with van der Waals surface area (Å²) in [4.78, 5) is 24.3. The van der Waals surface area contributed by atoms with Gasteiger partial charge in [-0.2, -0.15) is 0 Å². The number of aromatic amines is 1. The molecule has 8 nitrogen and oxygen atoms in total. The van der Waals surface area contributed by atoms with Gasteiger partial charge in [-0.15, -0.1) is 0 Å². The minimum atomic E-state index is -0.911. The molecule has 2 rings (SSSR count). The lowest BCUT2D eigenvalue weighted by Gasteiger charge is -2.33. The summed E-state index contributed by atoms with van der Waals surface area (Å²) in [5, 5.41) is 10.9. The number of ether oxygens (including phenoxy) is 3. The molecular weight excluding hydrogens is 244 g/mol. The first kappa shape index (κ1) is 12.5. The molecule has 0 atom stereocenters. The van der Waals surface area contributed by atoms with Crippen LogP contribution in [-0.4, -0.2) is 28.8 Å². The summed E-state index contributed by atoms with van der Waals surface area (Å²) in [7, 11) is 0. The van der Waals surface area contributed by atoms with Gasteiger partial charge in [0.2, 0.25) is 0 Å². The third-order valence-electron chi connectivity index (χ3n) is 2.44. The van der Waals surface area contributed by atoms with Crippen molar-refractivity contribution >= 4 is 11.8 Å². The Morgan fingerprint density at radius 1 is 1.61 bits per heavy atom. The molecule has 0 unspecified atom stereocenters. The van der Waals surface area contributed by atoms with Gasteiger partial charge in [0, 0.05) is 0 Å². The molecule has 2 heterocycles. The van der Waals surface area contributed by atoms with Crippen LogP contribution in [0, 0.1) is 10.1 Å². The fraction of sp³-hybridized carbons (Fsp3) is 0.500. The van der Waals surface area contributed by atoms with E-state index in [-0.39, 0.29) is 23.6 Å². The Morgan fingerprint density at radius 2 is 2.28 bits per heavy atom. The van der Waals surface area contributed by atoms with E-state index in [1.54, 1.807) is 13.8 Å². The van der Waals surface area contributed by atoms with Gasteiger partial charge in [-0.25, -0.2) is 9.78 Å². The number of carbonyl (C=O) groups excluding carboxylic acids is 1. The molecule has 0 radical (unpaired) electrons. The molecule has 1 fully saturated rings. The second kappa shape index (κ2) is 4.75. The summed E-state index contributed by atoms with van der Waals surface area (Å²) in [6, 6.07) is 0. The highest BCUT2D eigenvalue weighted by Gasteiger charge is 2.39. The molecule has 0 spiro atoms. The number of rotatable bonds is 4. The summed E-state index contributed by atoms with van der Waals surface area (Å²) >= 11 is 0. The molecular formula is C10H12N2O6. The second-order valence-corrected chi connectivity index (χ2v) is 3.61. The van der Waals surface area contributed by atoms with Crippen LogP contribution >= 0.6 is 0 Å². The summed E-state index contributed by atoms with van der Waals surface area (Å²) in [6.07, 6.45) is -0.133. The van der Waals surface area contributed by atoms with Crippen LogP contribution in [0.2, 0.25) is 0 Å². The van der Waals surface area contributed by atoms with Crippen molar-refractivity contribution in [3.8, 4) is 0 Å². The lowest BCUT2D eigenvalue weighted by Crippen LogP contribution is -2.32. The standard InChI is InChI=1S/C10H12N2O6/c1-3-16-9(13)6-4-11-8(12(14)15)7(6)10-17-5(2)18-10/h4-5,10-11H,3H2,1-2H3. The average molecular weight is 256 g/mol. The Hall–Kier alpha value is -1.93. The largest absolute Gasteiger partial charge is 0.462 e. The minimum Gasteiger partial charge on any atom is -0.462 e. The molecule has 18 heavy (non-hydrogen) atoms. The van der Waals surface area contributed by atoms with Crippen molar-refractivity contribution in [2.24, 2.45) is 0 Å². The zero-order chi connectivity index (χ0) is 13.3. The van der Waals surface area contributed by atoms with E-state index in [2.05, 4.69) is 4.98 Å². The van der Waals surface area contributed by atoms with Crippen LogP contribution in [0.1, 0.15) is 36.1 Å². The Balaban J connectivity index is 2.35. The van der Waals surface area contributed by atoms with E-state index in [9.17, 15) is 14.9 Å². The predicted octanol–water partition coefficient (Wildman–Crippen LogP) is 1.49. The maximum atomic E-state index is 11.7. The summed E-state index contributed by atoms with van der Waals surface area (Å²) < 4.78 is 15.2. The highest BCUT2D eigenvalue weighted by atomic mass is 16.9. The van der Waals surface area contributed by atoms with E-state index in [1.165, 1.54) is 6.20 Å². The van der Waals surface area contributed by atoms with Gasteiger partial charge in [-0.3, -0.25) is 0 Å². The number of H-pyrrole nitrogens is 1. The molecule has 0 aromatic carbocycles. The van der Waals surface area contributed by atoms with Crippen molar-refractivity contribution < 1.29 is 23.9 Å². The number of nitrogens with one attached hydrogen (secondary N) is 1. The number of esters is 1. The van der Waals surface area contributed by atoms with E-state index in [0.29, 0.717) is 0 Å². The molecule has 0 amide bonds. The Morgan fingerprint density at radius 3 is 2.78 bits per heavy atom. The van der Waals surface area contributed by atoms with E-state index < -0.39 is 23.5 Å². The SMILES string of the molecule is CCOC(=O)c1c[nH]c([N+](=O)[O-])c1C1OC(C)O1. The van der Waals surface area contributed by atoms with Gasteiger partial charge in [0.05, 0.1) is 6.61 Å². The third-order valence-corrected chi connectivity index (χ3v) is 2.44. The normalized spacial score (nSPS) is 22.3. The first-order valence-corrected chi connectivity index (χ1v) is 5.38. The van der Waals surface area contributed by atoms with Crippen LogP contribution in [0.25, 0.3) is 0 Å². The van der Waals surface area contributed by atoms with Crippen LogP contribution in [-0.2, 0) is 14.2 Å².